The summed E-state index contributed by atoms with van der Waals surface area (Å²) in [7, 11) is -3.66. The van der Waals surface area contributed by atoms with Crippen LogP contribution in [0.4, 0.5) is 4.39 Å². The SMILES string of the molecule is O=S(=O)(CCSc1ccccc1F)Oc1ccccc1. The third kappa shape index (κ3) is 4.54. The predicted molar refractivity (Wildman–Crippen MR) is 78.0 cm³/mol. The average Bonchev–Trinajstić information content (AvgIpc) is 2.41. The van der Waals surface area contributed by atoms with E-state index in [1.807, 2.05) is 0 Å². The van der Waals surface area contributed by atoms with Gasteiger partial charge in [-0.05, 0) is 24.3 Å². The van der Waals surface area contributed by atoms with Crippen molar-refractivity contribution in [3.63, 3.8) is 0 Å². The van der Waals surface area contributed by atoms with Gasteiger partial charge in [0.15, 0.2) is 0 Å². The van der Waals surface area contributed by atoms with Crippen molar-refractivity contribution in [2.45, 2.75) is 4.90 Å². The van der Waals surface area contributed by atoms with Crippen LogP contribution in [-0.2, 0) is 10.1 Å². The number of para-hydroxylation sites is 1. The van der Waals surface area contributed by atoms with E-state index in [0.717, 1.165) is 11.8 Å². The monoisotopic (exact) mass is 312 g/mol. The highest BCUT2D eigenvalue weighted by Gasteiger charge is 2.13. The predicted octanol–water partition coefficient (Wildman–Crippen LogP) is 3.33. The van der Waals surface area contributed by atoms with Crippen LogP contribution in [0.2, 0.25) is 0 Å². The minimum atomic E-state index is -3.66. The Morgan fingerprint density at radius 2 is 1.65 bits per heavy atom. The molecule has 0 saturated carbocycles. The van der Waals surface area contributed by atoms with Crippen molar-refractivity contribution in [1.29, 1.82) is 0 Å². The fourth-order valence-corrected chi connectivity index (χ4v) is 3.72. The van der Waals surface area contributed by atoms with Crippen molar-refractivity contribution >= 4 is 21.9 Å². The number of hydrogen-bond acceptors (Lipinski definition) is 4. The fourth-order valence-electron chi connectivity index (χ4n) is 1.48. The lowest BCUT2D eigenvalue weighted by molar-refractivity contribution is 0.488. The van der Waals surface area contributed by atoms with Crippen LogP contribution in [0.3, 0.4) is 0 Å². The van der Waals surface area contributed by atoms with E-state index in [1.54, 1.807) is 48.5 Å². The summed E-state index contributed by atoms with van der Waals surface area (Å²) in [6.45, 7) is 0. The van der Waals surface area contributed by atoms with E-state index in [0.29, 0.717) is 4.90 Å². The molecule has 0 amide bonds. The van der Waals surface area contributed by atoms with Crippen LogP contribution in [-0.4, -0.2) is 19.9 Å². The van der Waals surface area contributed by atoms with Crippen LogP contribution in [0.15, 0.2) is 59.5 Å². The van der Waals surface area contributed by atoms with Gasteiger partial charge >= 0.3 is 10.1 Å². The Morgan fingerprint density at radius 3 is 2.35 bits per heavy atom. The normalized spacial score (nSPS) is 11.2. The van der Waals surface area contributed by atoms with Crippen molar-refractivity contribution < 1.29 is 17.0 Å². The van der Waals surface area contributed by atoms with Crippen molar-refractivity contribution in [2.24, 2.45) is 0 Å². The molecule has 0 atom stereocenters. The van der Waals surface area contributed by atoms with Crippen LogP contribution in [0.25, 0.3) is 0 Å². The van der Waals surface area contributed by atoms with E-state index >= 15 is 0 Å². The maximum Gasteiger partial charge on any atom is 0.310 e. The Kier molecular flexibility index (Phi) is 5.03. The summed E-state index contributed by atoms with van der Waals surface area (Å²) < 4.78 is 41.8. The summed E-state index contributed by atoms with van der Waals surface area (Å²) >= 11 is 1.15. The molecule has 0 aromatic heterocycles. The number of rotatable bonds is 6. The van der Waals surface area contributed by atoms with Crippen LogP contribution in [0, 0.1) is 5.82 Å². The molecule has 0 spiro atoms. The highest BCUT2D eigenvalue weighted by Crippen LogP contribution is 2.21. The molecule has 0 radical (unpaired) electrons. The zero-order chi connectivity index (χ0) is 14.4. The molecule has 2 aromatic rings. The molecular formula is C14H13FO3S2. The fraction of sp³-hybridized carbons (Fsp3) is 0.143. The zero-order valence-electron chi connectivity index (χ0n) is 10.5. The Labute approximate surface area is 121 Å². The van der Waals surface area contributed by atoms with Gasteiger partial charge in [-0.3, -0.25) is 0 Å². The molecule has 106 valence electrons. The van der Waals surface area contributed by atoms with Gasteiger partial charge in [0, 0.05) is 10.6 Å². The highest BCUT2D eigenvalue weighted by molar-refractivity contribution is 8.00. The standard InChI is InChI=1S/C14H13FO3S2/c15-13-8-4-5-9-14(13)19-10-11-20(16,17)18-12-6-2-1-3-7-12/h1-9H,10-11H2. The minimum Gasteiger partial charge on any atom is -0.382 e. The van der Waals surface area contributed by atoms with Crippen molar-refractivity contribution in [1.82, 2.24) is 0 Å². The molecule has 2 rings (SSSR count). The summed E-state index contributed by atoms with van der Waals surface area (Å²) in [4.78, 5) is 0.433. The van der Waals surface area contributed by atoms with Crippen LogP contribution < -0.4 is 4.18 Å². The van der Waals surface area contributed by atoms with Gasteiger partial charge in [-0.25, -0.2) is 4.39 Å². The summed E-state index contributed by atoms with van der Waals surface area (Å²) in [5.74, 6) is -0.0148. The first kappa shape index (κ1) is 14.9. The van der Waals surface area contributed by atoms with Crippen molar-refractivity contribution in [2.75, 3.05) is 11.5 Å². The lowest BCUT2D eigenvalue weighted by Gasteiger charge is -2.07. The molecule has 3 nitrogen and oxygen atoms in total. The number of thioether (sulfide) groups is 1. The number of hydrogen-bond donors (Lipinski definition) is 0. The molecule has 0 aliphatic rings. The van der Waals surface area contributed by atoms with Crippen molar-refractivity contribution in [3.05, 3.63) is 60.4 Å². The Hall–Kier alpha value is -1.53. The van der Waals surface area contributed by atoms with E-state index in [4.69, 9.17) is 4.18 Å². The number of halogens is 1. The maximum absolute atomic E-state index is 13.4. The summed E-state index contributed by atoms with van der Waals surface area (Å²) in [5.41, 5.74) is 0. The summed E-state index contributed by atoms with van der Waals surface area (Å²) in [5, 5.41) is 0. The smallest absolute Gasteiger partial charge is 0.310 e. The van der Waals surface area contributed by atoms with E-state index in [-0.39, 0.29) is 23.1 Å². The largest absolute Gasteiger partial charge is 0.382 e. The highest BCUT2D eigenvalue weighted by atomic mass is 32.2. The Bertz CT molecular complexity index is 657. The van der Waals surface area contributed by atoms with Gasteiger partial charge in [0.2, 0.25) is 0 Å². The van der Waals surface area contributed by atoms with Gasteiger partial charge in [-0.15, -0.1) is 11.8 Å². The molecule has 0 aliphatic heterocycles. The van der Waals surface area contributed by atoms with E-state index < -0.39 is 10.1 Å². The molecule has 0 aliphatic carbocycles. The van der Waals surface area contributed by atoms with Gasteiger partial charge in [-0.1, -0.05) is 30.3 Å². The van der Waals surface area contributed by atoms with Crippen LogP contribution in [0.5, 0.6) is 5.75 Å². The topological polar surface area (TPSA) is 43.4 Å². The molecule has 2 aromatic carbocycles. The van der Waals surface area contributed by atoms with E-state index in [9.17, 15) is 12.8 Å². The molecule has 6 heteroatoms. The van der Waals surface area contributed by atoms with E-state index in [2.05, 4.69) is 0 Å². The quantitative estimate of drug-likeness (QED) is 0.606. The third-order valence-electron chi connectivity index (χ3n) is 2.39. The van der Waals surface area contributed by atoms with Crippen LogP contribution in [0.1, 0.15) is 0 Å². The summed E-state index contributed by atoms with van der Waals surface area (Å²) in [6, 6.07) is 14.6. The van der Waals surface area contributed by atoms with Gasteiger partial charge in [0.25, 0.3) is 0 Å². The lowest BCUT2D eigenvalue weighted by Crippen LogP contribution is -2.15. The molecule has 0 fully saturated rings. The molecule has 0 N–H and O–H groups in total. The molecule has 20 heavy (non-hydrogen) atoms. The van der Waals surface area contributed by atoms with Gasteiger partial charge in [0.1, 0.15) is 11.6 Å². The number of benzene rings is 2. The average molecular weight is 312 g/mol. The Morgan fingerprint density at radius 1 is 1.00 bits per heavy atom. The second-order valence-corrected chi connectivity index (χ2v) is 6.76. The molecule has 0 saturated heterocycles. The second kappa shape index (κ2) is 6.76. The van der Waals surface area contributed by atoms with E-state index in [1.165, 1.54) is 6.07 Å². The van der Waals surface area contributed by atoms with Gasteiger partial charge < -0.3 is 4.18 Å². The first-order valence-electron chi connectivity index (χ1n) is 5.91. The minimum absolute atomic E-state index is 0.180. The van der Waals surface area contributed by atoms with Gasteiger partial charge in [0.05, 0.1) is 5.75 Å². The zero-order valence-corrected chi connectivity index (χ0v) is 12.2. The molecule has 0 bridgehead atoms. The second-order valence-electron chi connectivity index (χ2n) is 3.94. The Balaban J connectivity index is 1.89. The molecular weight excluding hydrogens is 299 g/mol. The first-order valence-corrected chi connectivity index (χ1v) is 8.48. The maximum atomic E-state index is 13.4. The van der Waals surface area contributed by atoms with Gasteiger partial charge in [-0.2, -0.15) is 8.42 Å². The van der Waals surface area contributed by atoms with Crippen molar-refractivity contribution in [3.8, 4) is 5.75 Å². The molecule has 0 heterocycles. The third-order valence-corrected chi connectivity index (χ3v) is 4.85. The lowest BCUT2D eigenvalue weighted by atomic mass is 10.3. The van der Waals surface area contributed by atoms with Crippen LogP contribution >= 0.6 is 11.8 Å². The summed E-state index contributed by atoms with van der Waals surface area (Å²) in [6.07, 6.45) is 0. The first-order chi connectivity index (χ1) is 9.57. The molecule has 0 unspecified atom stereocenters.